The minimum absolute atomic E-state index is 0.528. The van der Waals surface area contributed by atoms with Crippen molar-refractivity contribution in [2.45, 2.75) is 19.4 Å². The molecule has 1 aromatic heterocycles. The van der Waals surface area contributed by atoms with Crippen LogP contribution in [-0.2, 0) is 4.74 Å². The molecule has 0 amide bonds. The van der Waals surface area contributed by atoms with Crippen LogP contribution in [0.1, 0.15) is 25.0 Å². The number of ether oxygens (including phenoxy) is 2. The van der Waals surface area contributed by atoms with E-state index in [1.54, 1.807) is 25.6 Å². The highest BCUT2D eigenvalue weighted by molar-refractivity contribution is 5.25. The summed E-state index contributed by atoms with van der Waals surface area (Å²) in [5, 5.41) is 9.77. The van der Waals surface area contributed by atoms with Crippen LogP contribution in [0.25, 0.3) is 0 Å². The van der Waals surface area contributed by atoms with Gasteiger partial charge in [-0.25, -0.2) is 0 Å². The Bertz CT molecular complexity index is 291. The fraction of sp³-hybridized carbons (Fsp3) is 0.545. The summed E-state index contributed by atoms with van der Waals surface area (Å²) in [7, 11) is 1.61. The van der Waals surface area contributed by atoms with E-state index in [9.17, 15) is 5.11 Å². The number of hydrogen-bond donors (Lipinski definition) is 1. The fourth-order valence-corrected chi connectivity index (χ4v) is 1.26. The quantitative estimate of drug-likeness (QED) is 0.775. The summed E-state index contributed by atoms with van der Waals surface area (Å²) in [5.41, 5.74) is 0.762. The first-order valence-electron chi connectivity index (χ1n) is 5.02. The Morgan fingerprint density at radius 3 is 2.93 bits per heavy atom. The molecule has 84 valence electrons. The van der Waals surface area contributed by atoms with Crippen LogP contribution in [0, 0.1) is 0 Å². The van der Waals surface area contributed by atoms with Crippen molar-refractivity contribution >= 4 is 0 Å². The third kappa shape index (κ3) is 3.85. The molecule has 0 radical (unpaired) electrons. The number of nitrogens with zero attached hydrogens (tertiary/aromatic N) is 1. The van der Waals surface area contributed by atoms with Gasteiger partial charge in [0.2, 0.25) is 0 Å². The Kier molecular flexibility index (Phi) is 5.07. The molecule has 0 aliphatic carbocycles. The molecule has 4 nitrogen and oxygen atoms in total. The molecular formula is C11H17NO3. The fourth-order valence-electron chi connectivity index (χ4n) is 1.26. The molecule has 1 rings (SSSR count). The lowest BCUT2D eigenvalue weighted by atomic mass is 10.1. The van der Waals surface area contributed by atoms with Crippen molar-refractivity contribution in [1.82, 2.24) is 4.98 Å². The molecule has 0 aromatic carbocycles. The van der Waals surface area contributed by atoms with Crippen LogP contribution in [0.15, 0.2) is 18.5 Å². The van der Waals surface area contributed by atoms with Gasteiger partial charge >= 0.3 is 0 Å². The first-order chi connectivity index (χ1) is 7.27. The molecule has 0 spiro atoms. The molecule has 0 aliphatic rings. The maximum atomic E-state index is 9.77. The summed E-state index contributed by atoms with van der Waals surface area (Å²) in [6.45, 7) is 3.04. The van der Waals surface area contributed by atoms with Gasteiger partial charge in [0.1, 0.15) is 5.75 Å². The standard InChI is InChI=1S/C11H17NO3/c1-3-15-10-6-9(7-12-8-10)11(13)4-5-14-2/h6-8,11,13H,3-5H2,1-2H3. The van der Waals surface area contributed by atoms with Gasteiger partial charge in [-0.2, -0.15) is 0 Å². The van der Waals surface area contributed by atoms with Gasteiger partial charge in [0, 0.05) is 31.9 Å². The molecule has 1 atom stereocenters. The third-order valence-electron chi connectivity index (χ3n) is 2.03. The zero-order valence-electron chi connectivity index (χ0n) is 9.14. The van der Waals surface area contributed by atoms with Gasteiger partial charge in [0.05, 0.1) is 18.9 Å². The zero-order chi connectivity index (χ0) is 11.1. The number of aliphatic hydroxyl groups is 1. The van der Waals surface area contributed by atoms with Crippen LogP contribution >= 0.6 is 0 Å². The summed E-state index contributed by atoms with van der Waals surface area (Å²) >= 11 is 0. The van der Waals surface area contributed by atoms with E-state index in [1.165, 1.54) is 0 Å². The molecular weight excluding hydrogens is 194 g/mol. The van der Waals surface area contributed by atoms with Crippen molar-refractivity contribution in [1.29, 1.82) is 0 Å². The lowest BCUT2D eigenvalue weighted by Crippen LogP contribution is -2.03. The molecule has 1 aromatic rings. The van der Waals surface area contributed by atoms with E-state index in [0.29, 0.717) is 25.4 Å². The largest absolute Gasteiger partial charge is 0.492 e. The van der Waals surface area contributed by atoms with Crippen molar-refractivity contribution in [3.05, 3.63) is 24.0 Å². The highest BCUT2D eigenvalue weighted by atomic mass is 16.5. The Balaban J connectivity index is 2.62. The predicted octanol–water partition coefficient (Wildman–Crippen LogP) is 1.55. The van der Waals surface area contributed by atoms with Gasteiger partial charge in [-0.15, -0.1) is 0 Å². The van der Waals surface area contributed by atoms with Crippen LogP contribution in [0.3, 0.4) is 0 Å². The van der Waals surface area contributed by atoms with Crippen LogP contribution in [0.4, 0.5) is 0 Å². The summed E-state index contributed by atoms with van der Waals surface area (Å²) in [6.07, 6.45) is 3.30. The smallest absolute Gasteiger partial charge is 0.137 e. The topological polar surface area (TPSA) is 51.6 Å². The van der Waals surface area contributed by atoms with E-state index in [0.717, 1.165) is 5.56 Å². The molecule has 0 aliphatic heterocycles. The normalized spacial score (nSPS) is 12.5. The van der Waals surface area contributed by atoms with E-state index in [-0.39, 0.29) is 0 Å². The molecule has 4 heteroatoms. The number of aliphatic hydroxyl groups excluding tert-OH is 1. The van der Waals surface area contributed by atoms with Gasteiger partial charge in [-0.3, -0.25) is 4.98 Å². The molecule has 1 heterocycles. The van der Waals surface area contributed by atoms with Gasteiger partial charge in [0.25, 0.3) is 0 Å². The predicted molar refractivity (Wildman–Crippen MR) is 56.9 cm³/mol. The lowest BCUT2D eigenvalue weighted by molar-refractivity contribution is 0.110. The van der Waals surface area contributed by atoms with Crippen molar-refractivity contribution in [3.8, 4) is 5.75 Å². The van der Waals surface area contributed by atoms with Crippen molar-refractivity contribution in [2.75, 3.05) is 20.3 Å². The number of hydrogen-bond acceptors (Lipinski definition) is 4. The first-order valence-corrected chi connectivity index (χ1v) is 5.02. The van der Waals surface area contributed by atoms with E-state index in [1.807, 2.05) is 6.92 Å². The molecule has 0 saturated carbocycles. The minimum Gasteiger partial charge on any atom is -0.492 e. The zero-order valence-corrected chi connectivity index (χ0v) is 9.14. The second-order valence-corrected chi connectivity index (χ2v) is 3.18. The van der Waals surface area contributed by atoms with Gasteiger partial charge in [-0.05, 0) is 13.0 Å². The third-order valence-corrected chi connectivity index (χ3v) is 2.03. The van der Waals surface area contributed by atoms with Crippen molar-refractivity contribution < 1.29 is 14.6 Å². The Morgan fingerprint density at radius 1 is 1.47 bits per heavy atom. The summed E-state index contributed by atoms with van der Waals surface area (Å²) in [6, 6.07) is 1.80. The average Bonchev–Trinajstić information content (AvgIpc) is 2.27. The maximum Gasteiger partial charge on any atom is 0.137 e. The van der Waals surface area contributed by atoms with Gasteiger partial charge < -0.3 is 14.6 Å². The number of pyridine rings is 1. The van der Waals surface area contributed by atoms with E-state index >= 15 is 0 Å². The monoisotopic (exact) mass is 211 g/mol. The van der Waals surface area contributed by atoms with Crippen molar-refractivity contribution in [2.24, 2.45) is 0 Å². The SMILES string of the molecule is CCOc1cncc(C(O)CCOC)c1. The van der Waals surface area contributed by atoms with Crippen LogP contribution in [0.5, 0.6) is 5.75 Å². The second kappa shape index (κ2) is 6.37. The summed E-state index contributed by atoms with van der Waals surface area (Å²) in [4.78, 5) is 4.01. The van der Waals surface area contributed by atoms with Gasteiger partial charge in [-0.1, -0.05) is 0 Å². The van der Waals surface area contributed by atoms with Crippen LogP contribution in [-0.4, -0.2) is 30.4 Å². The second-order valence-electron chi connectivity index (χ2n) is 3.18. The van der Waals surface area contributed by atoms with Crippen LogP contribution < -0.4 is 4.74 Å². The molecule has 0 fully saturated rings. The van der Waals surface area contributed by atoms with Crippen LogP contribution in [0.2, 0.25) is 0 Å². The highest BCUT2D eigenvalue weighted by Crippen LogP contribution is 2.20. The van der Waals surface area contributed by atoms with E-state index < -0.39 is 6.10 Å². The number of aromatic nitrogens is 1. The molecule has 1 unspecified atom stereocenters. The molecule has 0 saturated heterocycles. The molecule has 1 N–H and O–H groups in total. The average molecular weight is 211 g/mol. The Morgan fingerprint density at radius 2 is 2.27 bits per heavy atom. The summed E-state index contributed by atoms with van der Waals surface area (Å²) < 4.78 is 10.2. The van der Waals surface area contributed by atoms with Crippen molar-refractivity contribution in [3.63, 3.8) is 0 Å². The molecule has 15 heavy (non-hydrogen) atoms. The molecule has 0 bridgehead atoms. The Hall–Kier alpha value is -1.13. The summed E-state index contributed by atoms with van der Waals surface area (Å²) in [5.74, 6) is 0.687. The van der Waals surface area contributed by atoms with E-state index in [2.05, 4.69) is 4.98 Å². The number of methoxy groups -OCH3 is 1. The highest BCUT2D eigenvalue weighted by Gasteiger charge is 2.08. The number of rotatable bonds is 6. The van der Waals surface area contributed by atoms with E-state index in [4.69, 9.17) is 9.47 Å². The lowest BCUT2D eigenvalue weighted by Gasteiger charge is -2.11. The first kappa shape index (κ1) is 11.9. The Labute approximate surface area is 89.9 Å². The minimum atomic E-state index is -0.544. The van der Waals surface area contributed by atoms with Gasteiger partial charge in [0.15, 0.2) is 0 Å². The maximum absolute atomic E-state index is 9.77.